The van der Waals surface area contributed by atoms with E-state index in [2.05, 4.69) is 17.6 Å². The van der Waals surface area contributed by atoms with Gasteiger partial charge in [0.25, 0.3) is 0 Å². The number of anilines is 2. The maximum atomic E-state index is 12.6. The molecule has 0 aliphatic carbocycles. The Hall–Kier alpha value is -2.24. The molecular weight excluding hydrogens is 304 g/mol. The SMILES string of the molecule is Cc1ccc(NC(=O)N2CCCCC[C@@H]2C)cc1N1CCNC1=O. The molecule has 0 aromatic heterocycles. The molecule has 2 saturated heterocycles. The zero-order valence-electron chi connectivity index (χ0n) is 14.5. The largest absolute Gasteiger partial charge is 0.336 e. The van der Waals surface area contributed by atoms with Crippen molar-refractivity contribution in [2.24, 2.45) is 0 Å². The zero-order chi connectivity index (χ0) is 17.1. The number of nitrogens with one attached hydrogen (secondary N) is 2. The van der Waals surface area contributed by atoms with Gasteiger partial charge in [0.15, 0.2) is 0 Å². The fraction of sp³-hybridized carbons (Fsp3) is 0.556. The van der Waals surface area contributed by atoms with Gasteiger partial charge in [-0.05, 0) is 44.4 Å². The molecule has 1 atom stereocenters. The molecule has 6 nitrogen and oxygen atoms in total. The molecule has 6 heteroatoms. The van der Waals surface area contributed by atoms with Crippen LogP contribution >= 0.6 is 0 Å². The van der Waals surface area contributed by atoms with E-state index in [1.165, 1.54) is 12.8 Å². The Labute approximate surface area is 143 Å². The predicted octanol–water partition coefficient (Wildman–Crippen LogP) is 3.32. The summed E-state index contributed by atoms with van der Waals surface area (Å²) in [6, 6.07) is 5.87. The Morgan fingerprint density at radius 3 is 2.83 bits per heavy atom. The summed E-state index contributed by atoms with van der Waals surface area (Å²) in [6.07, 6.45) is 4.49. The third-order valence-electron chi connectivity index (χ3n) is 4.92. The average Bonchev–Trinajstić information content (AvgIpc) is 2.85. The molecule has 0 spiro atoms. The fourth-order valence-electron chi connectivity index (χ4n) is 3.45. The highest BCUT2D eigenvalue weighted by atomic mass is 16.2. The smallest absolute Gasteiger partial charge is 0.322 e. The van der Waals surface area contributed by atoms with Crippen LogP contribution in [0.15, 0.2) is 18.2 Å². The monoisotopic (exact) mass is 330 g/mol. The first-order valence-electron chi connectivity index (χ1n) is 8.80. The Bertz CT molecular complexity index is 631. The van der Waals surface area contributed by atoms with Crippen LogP contribution in [0.5, 0.6) is 0 Å². The van der Waals surface area contributed by atoms with Crippen molar-refractivity contribution in [3.05, 3.63) is 23.8 Å². The second kappa shape index (κ2) is 7.11. The summed E-state index contributed by atoms with van der Waals surface area (Å²) in [5.74, 6) is 0. The van der Waals surface area contributed by atoms with E-state index in [0.717, 1.165) is 36.3 Å². The molecular formula is C18H26N4O2. The van der Waals surface area contributed by atoms with Crippen molar-refractivity contribution in [2.45, 2.75) is 45.6 Å². The zero-order valence-corrected chi connectivity index (χ0v) is 14.5. The third kappa shape index (κ3) is 3.47. The molecule has 4 amide bonds. The molecule has 0 radical (unpaired) electrons. The Balaban J connectivity index is 1.75. The van der Waals surface area contributed by atoms with Gasteiger partial charge in [0, 0.05) is 31.4 Å². The summed E-state index contributed by atoms with van der Waals surface area (Å²) in [5, 5.41) is 5.82. The van der Waals surface area contributed by atoms with Gasteiger partial charge < -0.3 is 15.5 Å². The van der Waals surface area contributed by atoms with Gasteiger partial charge in [0.05, 0.1) is 5.69 Å². The van der Waals surface area contributed by atoms with Crippen LogP contribution in [-0.4, -0.2) is 42.6 Å². The number of aryl methyl sites for hydroxylation is 1. The van der Waals surface area contributed by atoms with Crippen molar-refractivity contribution in [1.29, 1.82) is 0 Å². The van der Waals surface area contributed by atoms with Gasteiger partial charge in [-0.25, -0.2) is 9.59 Å². The van der Waals surface area contributed by atoms with Crippen molar-refractivity contribution in [3.8, 4) is 0 Å². The second-order valence-electron chi connectivity index (χ2n) is 6.71. The lowest BCUT2D eigenvalue weighted by Gasteiger charge is -2.27. The van der Waals surface area contributed by atoms with E-state index in [-0.39, 0.29) is 18.1 Å². The fourth-order valence-corrected chi connectivity index (χ4v) is 3.45. The predicted molar refractivity (Wildman–Crippen MR) is 95.6 cm³/mol. The van der Waals surface area contributed by atoms with Crippen LogP contribution < -0.4 is 15.5 Å². The number of carbonyl (C=O) groups excluding carboxylic acids is 2. The van der Waals surface area contributed by atoms with Crippen molar-refractivity contribution >= 4 is 23.4 Å². The van der Waals surface area contributed by atoms with Gasteiger partial charge in [-0.15, -0.1) is 0 Å². The molecule has 130 valence electrons. The molecule has 1 aromatic carbocycles. The number of likely N-dealkylation sites (tertiary alicyclic amines) is 1. The lowest BCUT2D eigenvalue weighted by Crippen LogP contribution is -2.41. The summed E-state index contributed by atoms with van der Waals surface area (Å²) >= 11 is 0. The number of rotatable bonds is 2. The highest BCUT2D eigenvalue weighted by Crippen LogP contribution is 2.26. The maximum absolute atomic E-state index is 12.6. The van der Waals surface area contributed by atoms with E-state index in [1.54, 1.807) is 4.90 Å². The second-order valence-corrected chi connectivity index (χ2v) is 6.71. The Morgan fingerprint density at radius 2 is 2.08 bits per heavy atom. The van der Waals surface area contributed by atoms with Gasteiger partial charge >= 0.3 is 12.1 Å². The van der Waals surface area contributed by atoms with Crippen LogP contribution in [0.2, 0.25) is 0 Å². The minimum absolute atomic E-state index is 0.0509. The topological polar surface area (TPSA) is 64.7 Å². The quantitative estimate of drug-likeness (QED) is 0.873. The van der Waals surface area contributed by atoms with Crippen molar-refractivity contribution in [2.75, 3.05) is 29.9 Å². The lowest BCUT2D eigenvalue weighted by molar-refractivity contribution is 0.194. The molecule has 1 aromatic rings. The highest BCUT2D eigenvalue weighted by Gasteiger charge is 2.24. The molecule has 2 aliphatic heterocycles. The molecule has 2 heterocycles. The van der Waals surface area contributed by atoms with E-state index < -0.39 is 0 Å². The number of carbonyl (C=O) groups is 2. The molecule has 2 aliphatic rings. The first-order chi connectivity index (χ1) is 11.6. The number of nitrogens with zero attached hydrogens (tertiary/aromatic N) is 2. The van der Waals surface area contributed by atoms with Gasteiger partial charge in [0.1, 0.15) is 0 Å². The molecule has 2 fully saturated rings. The number of amides is 4. The van der Waals surface area contributed by atoms with Crippen LogP contribution in [0.4, 0.5) is 21.0 Å². The summed E-state index contributed by atoms with van der Waals surface area (Å²) in [6.45, 7) is 6.20. The van der Waals surface area contributed by atoms with Crippen LogP contribution in [0.3, 0.4) is 0 Å². The summed E-state index contributed by atoms with van der Waals surface area (Å²) in [4.78, 5) is 28.2. The van der Waals surface area contributed by atoms with Crippen molar-refractivity contribution in [3.63, 3.8) is 0 Å². The molecule has 0 saturated carbocycles. The standard InChI is InChI=1S/C18H26N4O2/c1-13-7-8-15(12-16(13)22-11-9-19-17(22)23)20-18(24)21-10-5-3-4-6-14(21)2/h7-8,12,14H,3-6,9-11H2,1-2H3,(H,19,23)(H,20,24)/t14-/m0/s1. The molecule has 0 unspecified atom stereocenters. The first kappa shape index (κ1) is 16.6. The summed E-state index contributed by atoms with van der Waals surface area (Å²) in [7, 11) is 0. The molecule has 0 bridgehead atoms. The number of benzene rings is 1. The number of hydrogen-bond donors (Lipinski definition) is 2. The maximum Gasteiger partial charge on any atom is 0.322 e. The number of urea groups is 2. The third-order valence-corrected chi connectivity index (χ3v) is 4.92. The van der Waals surface area contributed by atoms with E-state index >= 15 is 0 Å². The minimum atomic E-state index is -0.0808. The van der Waals surface area contributed by atoms with Crippen LogP contribution in [0, 0.1) is 6.92 Å². The number of hydrogen-bond acceptors (Lipinski definition) is 2. The van der Waals surface area contributed by atoms with Gasteiger partial charge in [-0.2, -0.15) is 0 Å². The Kier molecular flexibility index (Phi) is 4.92. The van der Waals surface area contributed by atoms with E-state index in [4.69, 9.17) is 0 Å². The van der Waals surface area contributed by atoms with Crippen molar-refractivity contribution in [1.82, 2.24) is 10.2 Å². The van der Waals surface area contributed by atoms with Crippen LogP contribution in [-0.2, 0) is 0 Å². The molecule has 3 rings (SSSR count). The highest BCUT2D eigenvalue weighted by molar-refractivity contribution is 5.96. The molecule has 2 N–H and O–H groups in total. The van der Waals surface area contributed by atoms with Crippen molar-refractivity contribution < 1.29 is 9.59 Å². The van der Waals surface area contributed by atoms with Gasteiger partial charge in [0.2, 0.25) is 0 Å². The first-order valence-corrected chi connectivity index (χ1v) is 8.80. The lowest BCUT2D eigenvalue weighted by atomic mass is 10.1. The van der Waals surface area contributed by atoms with E-state index in [1.807, 2.05) is 30.0 Å². The molecule has 24 heavy (non-hydrogen) atoms. The summed E-state index contributed by atoms with van der Waals surface area (Å²) in [5.41, 5.74) is 2.61. The van der Waals surface area contributed by atoms with E-state index in [9.17, 15) is 9.59 Å². The van der Waals surface area contributed by atoms with Gasteiger partial charge in [-0.3, -0.25) is 4.90 Å². The minimum Gasteiger partial charge on any atom is -0.336 e. The van der Waals surface area contributed by atoms with E-state index in [0.29, 0.717) is 13.1 Å². The van der Waals surface area contributed by atoms with Gasteiger partial charge in [-0.1, -0.05) is 18.9 Å². The van der Waals surface area contributed by atoms with Crippen LogP contribution in [0.25, 0.3) is 0 Å². The average molecular weight is 330 g/mol. The summed E-state index contributed by atoms with van der Waals surface area (Å²) < 4.78 is 0. The van der Waals surface area contributed by atoms with Crippen LogP contribution in [0.1, 0.15) is 38.2 Å². The normalized spacial score (nSPS) is 21.4. The Morgan fingerprint density at radius 1 is 1.25 bits per heavy atom.